The van der Waals surface area contributed by atoms with E-state index in [4.69, 9.17) is 15.6 Å². The Balaban J connectivity index is 1.88. The maximum atomic E-state index is 13.0. The molecule has 0 aliphatic carbocycles. The molecule has 0 saturated heterocycles. The quantitative estimate of drug-likeness (QED) is 0.259. The Morgan fingerprint density at radius 2 is 1.88 bits per heavy atom. The molecule has 0 aliphatic rings. The highest BCUT2D eigenvalue weighted by atomic mass is 19.1. The summed E-state index contributed by atoms with van der Waals surface area (Å²) in [6, 6.07) is 8.42. The van der Waals surface area contributed by atoms with Crippen LogP contribution in [0.15, 0.2) is 42.6 Å². The number of ether oxygens (including phenoxy) is 2. The average Bonchev–Trinajstić information content (AvgIpc) is 2.79. The third-order valence-corrected chi connectivity index (χ3v) is 4.29. The fourth-order valence-corrected chi connectivity index (χ4v) is 2.76. The van der Waals surface area contributed by atoms with E-state index in [1.54, 1.807) is 0 Å². The number of nitrogens with one attached hydrogen (secondary N) is 3. The lowest BCUT2D eigenvalue weighted by molar-refractivity contribution is -0.139. The van der Waals surface area contributed by atoms with Crippen LogP contribution in [0.5, 0.6) is 5.75 Å². The number of hydrogen-bond donors (Lipinski definition) is 4. The summed E-state index contributed by atoms with van der Waals surface area (Å²) in [6.07, 6.45) is 1.34. The third-order valence-electron chi connectivity index (χ3n) is 4.29. The van der Waals surface area contributed by atoms with Gasteiger partial charge in [-0.2, -0.15) is 0 Å². The van der Waals surface area contributed by atoms with Gasteiger partial charge >= 0.3 is 5.97 Å². The van der Waals surface area contributed by atoms with Crippen molar-refractivity contribution in [2.24, 2.45) is 0 Å². The summed E-state index contributed by atoms with van der Waals surface area (Å²) in [5.41, 5.74) is -0.0601. The van der Waals surface area contributed by atoms with E-state index in [1.165, 1.54) is 49.7 Å². The van der Waals surface area contributed by atoms with Crippen LogP contribution in [0.25, 0.3) is 10.9 Å². The Morgan fingerprint density at radius 1 is 1.16 bits per heavy atom. The van der Waals surface area contributed by atoms with Crippen LogP contribution in [0.2, 0.25) is 0 Å². The molecule has 0 aliphatic heterocycles. The molecule has 0 atom stereocenters. The molecule has 0 radical (unpaired) electrons. The molecular weight excluding hydrogens is 421 g/mol. The van der Waals surface area contributed by atoms with Gasteiger partial charge in [0.25, 0.3) is 5.91 Å². The van der Waals surface area contributed by atoms with E-state index in [0.29, 0.717) is 5.56 Å². The number of aromatic nitrogens is 2. The minimum Gasteiger partial charge on any atom is -0.504 e. The van der Waals surface area contributed by atoms with Crippen LogP contribution in [0.4, 0.5) is 4.39 Å². The molecule has 3 rings (SSSR count). The molecule has 1 aromatic carbocycles. The van der Waals surface area contributed by atoms with Crippen LogP contribution < -0.4 is 5.32 Å². The van der Waals surface area contributed by atoms with Crippen LogP contribution in [0.3, 0.4) is 0 Å². The topological polar surface area (TPSA) is 158 Å². The molecule has 2 heterocycles. The Labute approximate surface area is 181 Å². The largest absolute Gasteiger partial charge is 0.504 e. The zero-order valence-electron chi connectivity index (χ0n) is 16.8. The van der Waals surface area contributed by atoms with Gasteiger partial charge < -0.3 is 19.9 Å². The highest BCUT2D eigenvalue weighted by Gasteiger charge is 2.23. The van der Waals surface area contributed by atoms with Gasteiger partial charge in [0.1, 0.15) is 23.6 Å². The highest BCUT2D eigenvalue weighted by molar-refractivity contribution is 6.10. The summed E-state index contributed by atoms with van der Waals surface area (Å²) >= 11 is 0. The number of carbonyl (C=O) groups excluding carboxylic acids is 2. The standard InChI is InChI=1S/C21H18FN5O5/c1-31-15(28)10-26-21(30)17-13-3-2-8-25-16(13)19(29)18(27-17)20(24)32-14(23)9-11-4-6-12(22)7-5-11/h2-8,23-24,29H,9-10H2,1H3,(H,26,30). The maximum absolute atomic E-state index is 13.0. The number of halogens is 1. The van der Waals surface area contributed by atoms with Crippen molar-refractivity contribution in [1.82, 2.24) is 15.3 Å². The summed E-state index contributed by atoms with van der Waals surface area (Å²) in [5.74, 6) is -3.42. The summed E-state index contributed by atoms with van der Waals surface area (Å²) in [7, 11) is 1.17. The molecular formula is C21H18FN5O5. The van der Waals surface area contributed by atoms with Crippen LogP contribution >= 0.6 is 0 Å². The second-order valence-corrected chi connectivity index (χ2v) is 6.47. The van der Waals surface area contributed by atoms with E-state index in [0.717, 1.165) is 0 Å². The summed E-state index contributed by atoms with van der Waals surface area (Å²) in [4.78, 5) is 32.0. The summed E-state index contributed by atoms with van der Waals surface area (Å²) in [5, 5.41) is 29.2. The lowest BCUT2D eigenvalue weighted by Gasteiger charge is -2.13. The van der Waals surface area contributed by atoms with Gasteiger partial charge in [-0.15, -0.1) is 0 Å². The van der Waals surface area contributed by atoms with Crippen LogP contribution in [-0.2, 0) is 20.7 Å². The third kappa shape index (κ3) is 5.01. The normalized spacial score (nSPS) is 10.4. The minimum atomic E-state index is -0.760. The second-order valence-electron chi connectivity index (χ2n) is 6.47. The predicted molar refractivity (Wildman–Crippen MR) is 111 cm³/mol. The van der Waals surface area contributed by atoms with E-state index in [-0.39, 0.29) is 28.9 Å². The van der Waals surface area contributed by atoms with Crippen LogP contribution in [0, 0.1) is 16.6 Å². The minimum absolute atomic E-state index is 0.0147. The Kier molecular flexibility index (Phi) is 6.68. The van der Waals surface area contributed by atoms with Gasteiger partial charge in [0, 0.05) is 18.0 Å². The SMILES string of the molecule is COC(=O)CNC(=O)c1nc(C(=N)OC(=N)Cc2ccc(F)cc2)c(O)c2ncccc12. The number of nitrogens with zero attached hydrogens (tertiary/aromatic N) is 2. The number of carbonyl (C=O) groups is 2. The van der Waals surface area contributed by atoms with Crippen molar-refractivity contribution in [3.63, 3.8) is 0 Å². The number of amides is 1. The molecule has 10 nitrogen and oxygen atoms in total. The zero-order valence-corrected chi connectivity index (χ0v) is 16.8. The molecule has 0 unspecified atom stereocenters. The molecule has 4 N–H and O–H groups in total. The van der Waals surface area contributed by atoms with Crippen LogP contribution in [-0.4, -0.2) is 52.4 Å². The fraction of sp³-hybridized carbons (Fsp3) is 0.143. The molecule has 1 amide bonds. The zero-order chi connectivity index (χ0) is 23.3. The number of methoxy groups -OCH3 is 1. The number of esters is 1. The fourth-order valence-electron chi connectivity index (χ4n) is 2.76. The van der Waals surface area contributed by atoms with Gasteiger partial charge in [-0.25, -0.2) is 9.37 Å². The van der Waals surface area contributed by atoms with Gasteiger partial charge in [-0.3, -0.25) is 25.4 Å². The van der Waals surface area contributed by atoms with E-state index in [2.05, 4.69) is 20.0 Å². The highest BCUT2D eigenvalue weighted by Crippen LogP contribution is 2.28. The first-order chi connectivity index (χ1) is 15.3. The van der Waals surface area contributed by atoms with E-state index >= 15 is 0 Å². The number of rotatable bonds is 6. The van der Waals surface area contributed by atoms with Gasteiger partial charge in [-0.1, -0.05) is 12.1 Å². The van der Waals surface area contributed by atoms with Gasteiger partial charge in [0.2, 0.25) is 5.90 Å². The predicted octanol–water partition coefficient (Wildman–Crippen LogP) is 1.94. The number of fused-ring (bicyclic) bond motifs is 1. The van der Waals surface area contributed by atoms with Crippen molar-refractivity contribution in [1.29, 1.82) is 10.8 Å². The first kappa shape index (κ1) is 22.3. The Morgan fingerprint density at radius 3 is 2.56 bits per heavy atom. The summed E-state index contributed by atoms with van der Waals surface area (Å²) < 4.78 is 22.7. The van der Waals surface area contributed by atoms with Crippen molar-refractivity contribution in [3.8, 4) is 5.75 Å². The molecule has 0 bridgehead atoms. The molecule has 11 heteroatoms. The van der Waals surface area contributed by atoms with Crippen molar-refractivity contribution in [2.45, 2.75) is 6.42 Å². The number of hydrogen-bond acceptors (Lipinski definition) is 9. The first-order valence-electron chi connectivity index (χ1n) is 9.21. The lowest BCUT2D eigenvalue weighted by Crippen LogP contribution is -2.31. The molecule has 0 saturated carbocycles. The smallest absolute Gasteiger partial charge is 0.325 e. The van der Waals surface area contributed by atoms with Crippen molar-refractivity contribution in [2.75, 3.05) is 13.7 Å². The molecule has 0 fully saturated rings. The number of pyridine rings is 2. The van der Waals surface area contributed by atoms with Crippen LogP contribution in [0.1, 0.15) is 21.7 Å². The van der Waals surface area contributed by atoms with E-state index in [1.807, 2.05) is 0 Å². The summed E-state index contributed by atoms with van der Waals surface area (Å²) in [6.45, 7) is -0.411. The Bertz CT molecular complexity index is 1210. The Hall–Kier alpha value is -4.41. The van der Waals surface area contributed by atoms with Gasteiger partial charge in [0.15, 0.2) is 17.3 Å². The average molecular weight is 439 g/mol. The molecule has 3 aromatic rings. The van der Waals surface area contributed by atoms with E-state index in [9.17, 15) is 19.1 Å². The lowest BCUT2D eigenvalue weighted by atomic mass is 10.1. The van der Waals surface area contributed by atoms with Gasteiger partial charge in [-0.05, 0) is 29.8 Å². The van der Waals surface area contributed by atoms with Crippen molar-refractivity contribution >= 4 is 34.6 Å². The molecule has 164 valence electrons. The van der Waals surface area contributed by atoms with Crippen molar-refractivity contribution in [3.05, 3.63) is 65.4 Å². The van der Waals surface area contributed by atoms with Crippen molar-refractivity contribution < 1.29 is 28.6 Å². The van der Waals surface area contributed by atoms with Gasteiger partial charge in [0.05, 0.1) is 7.11 Å². The second kappa shape index (κ2) is 9.60. The first-order valence-corrected chi connectivity index (χ1v) is 9.21. The maximum Gasteiger partial charge on any atom is 0.325 e. The molecule has 32 heavy (non-hydrogen) atoms. The number of aromatic hydroxyl groups is 1. The number of benzene rings is 1. The molecule has 0 spiro atoms. The molecule has 2 aromatic heterocycles. The van der Waals surface area contributed by atoms with E-state index < -0.39 is 41.6 Å². The monoisotopic (exact) mass is 439 g/mol.